The molecule has 3 aliphatic heterocycles. The molecule has 10 heteroatoms. The predicted molar refractivity (Wildman–Crippen MR) is 165 cm³/mol. The molecule has 0 unspecified atom stereocenters. The highest BCUT2D eigenvalue weighted by Crippen LogP contribution is 2.70. The number of carbonyl (C=O) groups excluding carboxylic acids is 1. The van der Waals surface area contributed by atoms with E-state index in [9.17, 15) is 20.1 Å². The summed E-state index contributed by atoms with van der Waals surface area (Å²) >= 11 is 0. The minimum absolute atomic E-state index is 0.113. The van der Waals surface area contributed by atoms with Crippen molar-refractivity contribution in [3.05, 3.63) is 11.6 Å². The summed E-state index contributed by atoms with van der Waals surface area (Å²) in [5.74, 6) is 2.67. The minimum Gasteiger partial charge on any atom is -0.394 e. The van der Waals surface area contributed by atoms with Crippen LogP contribution in [0.25, 0.3) is 0 Å². The van der Waals surface area contributed by atoms with Crippen LogP contribution < -0.4 is 11.1 Å². The lowest BCUT2D eigenvalue weighted by Gasteiger charge is -2.58. The number of aliphatic hydroxyl groups excluding tert-OH is 3. The first-order chi connectivity index (χ1) is 21.4. The van der Waals surface area contributed by atoms with E-state index in [-0.39, 0.29) is 29.3 Å². The van der Waals surface area contributed by atoms with Crippen LogP contribution in [0.2, 0.25) is 0 Å². The summed E-state index contributed by atoms with van der Waals surface area (Å²) < 4.78 is 25.8. The first-order valence-electron chi connectivity index (χ1n) is 17.7. The average Bonchev–Trinajstić information content (AvgIpc) is 3.47. The van der Waals surface area contributed by atoms with E-state index in [1.54, 1.807) is 0 Å². The summed E-state index contributed by atoms with van der Waals surface area (Å²) in [6.45, 7) is 9.82. The molecule has 1 spiro atoms. The molecule has 0 bridgehead atoms. The normalized spacial score (nSPS) is 54.0. The van der Waals surface area contributed by atoms with Gasteiger partial charge in [0.05, 0.1) is 32.0 Å². The Bertz CT molecular complexity index is 1160. The van der Waals surface area contributed by atoms with Crippen LogP contribution in [-0.4, -0.2) is 89.6 Å². The van der Waals surface area contributed by atoms with Gasteiger partial charge >= 0.3 is 0 Å². The Morgan fingerprint density at radius 1 is 1.11 bits per heavy atom. The van der Waals surface area contributed by atoms with Gasteiger partial charge < -0.3 is 45.3 Å². The van der Waals surface area contributed by atoms with E-state index in [4.69, 9.17) is 24.7 Å². The number of aliphatic hydroxyl groups is 3. The second kappa shape index (κ2) is 11.8. The Balaban J connectivity index is 1.05. The Morgan fingerprint density at radius 2 is 1.91 bits per heavy atom. The third-order valence-corrected chi connectivity index (χ3v) is 14.0. The maximum absolute atomic E-state index is 12.1. The first kappa shape index (κ1) is 32.4. The third-order valence-electron chi connectivity index (χ3n) is 14.0. The minimum atomic E-state index is -1.35. The summed E-state index contributed by atoms with van der Waals surface area (Å²) in [6.07, 6.45) is 7.45. The number of allylic oxidation sites excluding steroid dienone is 1. The zero-order valence-corrected chi connectivity index (χ0v) is 27.5. The van der Waals surface area contributed by atoms with Crippen molar-refractivity contribution < 1.29 is 39.1 Å². The van der Waals surface area contributed by atoms with Crippen molar-refractivity contribution in [1.29, 1.82) is 0 Å². The van der Waals surface area contributed by atoms with Gasteiger partial charge in [-0.2, -0.15) is 0 Å². The topological polar surface area (TPSA) is 153 Å². The van der Waals surface area contributed by atoms with Gasteiger partial charge in [-0.15, -0.1) is 0 Å². The van der Waals surface area contributed by atoms with Gasteiger partial charge in [-0.3, -0.25) is 4.79 Å². The van der Waals surface area contributed by atoms with E-state index >= 15 is 0 Å². The molecule has 7 aliphatic rings. The molecule has 3 heterocycles. The number of rotatable bonds is 5. The summed E-state index contributed by atoms with van der Waals surface area (Å²) in [6, 6.07) is -0.985. The second-order valence-corrected chi connectivity index (χ2v) is 16.3. The van der Waals surface area contributed by atoms with Crippen molar-refractivity contribution >= 4 is 5.91 Å². The lowest BCUT2D eigenvalue weighted by Crippen LogP contribution is -2.65. The van der Waals surface area contributed by atoms with Crippen molar-refractivity contribution in [2.75, 3.05) is 19.8 Å². The van der Waals surface area contributed by atoms with Gasteiger partial charge in [0.1, 0.15) is 24.4 Å². The van der Waals surface area contributed by atoms with E-state index in [2.05, 4.69) is 39.1 Å². The molecule has 10 nitrogen and oxygen atoms in total. The van der Waals surface area contributed by atoms with Gasteiger partial charge in [-0.05, 0) is 91.8 Å². The summed E-state index contributed by atoms with van der Waals surface area (Å²) in [5, 5.41) is 33.7. The van der Waals surface area contributed by atoms with Gasteiger partial charge in [0, 0.05) is 12.3 Å². The maximum atomic E-state index is 12.1. The van der Waals surface area contributed by atoms with E-state index in [0.29, 0.717) is 41.6 Å². The summed E-state index contributed by atoms with van der Waals surface area (Å²) in [7, 11) is 0. The molecule has 3 saturated carbocycles. The van der Waals surface area contributed by atoms with Crippen LogP contribution in [0.4, 0.5) is 0 Å². The zero-order chi connectivity index (χ0) is 31.9. The smallest absolute Gasteiger partial charge is 0.234 e. The van der Waals surface area contributed by atoms with Gasteiger partial charge in [-0.1, -0.05) is 39.3 Å². The van der Waals surface area contributed by atoms with Gasteiger partial charge in [0.2, 0.25) is 5.91 Å². The number of carbonyl (C=O) groups is 1. The van der Waals surface area contributed by atoms with Crippen LogP contribution in [-0.2, 0) is 23.7 Å². The molecule has 6 N–H and O–H groups in total. The molecule has 1 amide bonds. The van der Waals surface area contributed by atoms with Crippen molar-refractivity contribution in [1.82, 2.24) is 5.32 Å². The fourth-order valence-corrected chi connectivity index (χ4v) is 11.5. The van der Waals surface area contributed by atoms with Crippen LogP contribution in [0.1, 0.15) is 85.5 Å². The lowest BCUT2D eigenvalue weighted by atomic mass is 9.47. The van der Waals surface area contributed by atoms with Gasteiger partial charge in [0.15, 0.2) is 12.1 Å². The van der Waals surface area contributed by atoms with Gasteiger partial charge in [0.25, 0.3) is 0 Å². The fourth-order valence-electron chi connectivity index (χ4n) is 11.5. The second-order valence-electron chi connectivity index (χ2n) is 16.3. The van der Waals surface area contributed by atoms with E-state index in [0.717, 1.165) is 45.1 Å². The van der Waals surface area contributed by atoms with Crippen molar-refractivity contribution in [2.45, 2.75) is 134 Å². The molecule has 0 aromatic heterocycles. The molecule has 6 fully saturated rings. The van der Waals surface area contributed by atoms with E-state index in [1.807, 2.05) is 0 Å². The molecule has 45 heavy (non-hydrogen) atoms. The largest absolute Gasteiger partial charge is 0.394 e. The molecule has 0 aromatic rings. The van der Waals surface area contributed by atoms with Crippen LogP contribution >= 0.6 is 0 Å². The van der Waals surface area contributed by atoms with Crippen molar-refractivity contribution in [2.24, 2.45) is 52.1 Å². The number of nitrogens with one attached hydrogen (secondary N) is 1. The number of hydrogen-bond donors (Lipinski definition) is 5. The van der Waals surface area contributed by atoms with Crippen molar-refractivity contribution in [3.63, 3.8) is 0 Å². The Hall–Kier alpha value is -1.11. The number of hydrogen-bond acceptors (Lipinski definition) is 9. The molecule has 16 atom stereocenters. The molecule has 4 aliphatic carbocycles. The SMILES string of the molecule is C[C@@H]1CC[C@@]2(OC1)O[C@H]1C[C@H]3[C@@H]4CC=C5C[C@@H](O[C@@H]6O[C@H](CO)[C@@H](O)[C@H](O)[C@H]6NC(=O)CN)CC[C@]5(C)[C@H]4CC[C@]3(C)[C@H]1[C@@H]2C. The molecule has 7 rings (SSSR count). The molecular formula is C35H56N2O8. The number of amides is 1. The standard InChI is InChI=1S/C35H56N2O8/c1-18-7-12-35(42-17-18)19(2)28-25(45-35)14-24-22-6-5-20-13-21(8-10-33(20,3)23(22)9-11-34(24,28)4)43-32-29(37-27(39)15-36)31(41)30(40)26(16-38)44-32/h5,18-19,21-26,28-32,38,40-41H,6-17,36H2,1-4H3,(H,37,39)/t18-,19+,21+,22-,23+,24+,25+,26-,28+,29-,30-,31-,32-,33+,34+,35-/m1/s1. The molecule has 3 saturated heterocycles. The van der Waals surface area contributed by atoms with Crippen LogP contribution in [0.5, 0.6) is 0 Å². The van der Waals surface area contributed by atoms with Crippen LogP contribution in [0, 0.1) is 46.3 Å². The molecule has 254 valence electrons. The summed E-state index contributed by atoms with van der Waals surface area (Å²) in [5.41, 5.74) is 7.35. The number of nitrogens with two attached hydrogens (primary N) is 1. The Kier molecular flexibility index (Phi) is 8.50. The van der Waals surface area contributed by atoms with Crippen LogP contribution in [0.3, 0.4) is 0 Å². The predicted octanol–water partition coefficient (Wildman–Crippen LogP) is 2.62. The first-order valence-corrected chi connectivity index (χ1v) is 17.7. The van der Waals surface area contributed by atoms with Gasteiger partial charge in [-0.25, -0.2) is 0 Å². The Morgan fingerprint density at radius 3 is 2.62 bits per heavy atom. The zero-order valence-electron chi connectivity index (χ0n) is 27.5. The highest BCUT2D eigenvalue weighted by molar-refractivity contribution is 5.78. The highest BCUT2D eigenvalue weighted by atomic mass is 16.7. The average molecular weight is 633 g/mol. The van der Waals surface area contributed by atoms with Crippen LogP contribution in [0.15, 0.2) is 11.6 Å². The Labute approximate surface area is 267 Å². The van der Waals surface area contributed by atoms with Crippen molar-refractivity contribution in [3.8, 4) is 0 Å². The van der Waals surface area contributed by atoms with E-state index < -0.39 is 43.2 Å². The van der Waals surface area contributed by atoms with E-state index in [1.165, 1.54) is 24.8 Å². The molecule has 0 radical (unpaired) electrons. The quantitative estimate of drug-likeness (QED) is 0.288. The number of ether oxygens (including phenoxy) is 4. The fraction of sp³-hybridized carbons (Fsp3) is 0.914. The maximum Gasteiger partial charge on any atom is 0.234 e. The third kappa shape index (κ3) is 5.07. The molecular weight excluding hydrogens is 576 g/mol. The number of fused-ring (bicyclic) bond motifs is 7. The summed E-state index contributed by atoms with van der Waals surface area (Å²) in [4.78, 5) is 12.1. The lowest BCUT2D eigenvalue weighted by molar-refractivity contribution is -0.284. The molecule has 0 aromatic carbocycles. The highest BCUT2D eigenvalue weighted by Gasteiger charge is 2.68. The monoisotopic (exact) mass is 632 g/mol.